The molecule has 1 aliphatic rings. The number of alkyl carbamates (subject to hydrolysis) is 1. The summed E-state index contributed by atoms with van der Waals surface area (Å²) >= 11 is 0. The SMILES string of the molecule is CC(C)(C)OC(=O)NCCCCCCCCCn1cc(-c2nc(C(=O)O)co2)cn1.NCCCCCCCCCn1cc(-c2nc(C(=O)O)co2)cn1.O=C1NCCCCCCCCCn2cc(cn2)-c2nc1co2. The highest BCUT2D eigenvalue weighted by Crippen LogP contribution is 2.21. The topological polar surface area (TPSA) is 300 Å². The number of oxazole rings is 3. The number of amides is 2. The monoisotopic (exact) mass is 1040 g/mol. The molecule has 0 aromatic carbocycles. The first-order chi connectivity index (χ1) is 36.3. The fourth-order valence-electron chi connectivity index (χ4n) is 7.97. The number of carbonyl (C=O) groups excluding carboxylic acids is 2. The average Bonchev–Trinajstić information content (AvgIpc) is 4.24. The first-order valence-electron chi connectivity index (χ1n) is 26.6. The van der Waals surface area contributed by atoms with Crippen LogP contribution in [0.2, 0.25) is 0 Å². The Morgan fingerprint density at radius 1 is 0.627 bits per heavy atom. The highest BCUT2D eigenvalue weighted by Gasteiger charge is 2.18. The molecule has 6 N–H and O–H groups in total. The molecule has 0 saturated carbocycles. The van der Waals surface area contributed by atoms with E-state index in [2.05, 4.69) is 40.9 Å². The quantitative estimate of drug-likeness (QED) is 0.0373. The fraction of sp³-hybridized carbons (Fsp3) is 0.585. The molecule has 0 fully saturated rings. The number of aromatic nitrogens is 9. The molecule has 75 heavy (non-hydrogen) atoms. The number of hydrogen-bond acceptors (Lipinski definition) is 15. The second-order valence-electron chi connectivity index (χ2n) is 19.6. The van der Waals surface area contributed by atoms with Gasteiger partial charge in [-0.25, -0.2) is 29.3 Å². The molecule has 22 nitrogen and oxygen atoms in total. The molecule has 4 bridgehead atoms. The lowest BCUT2D eigenvalue weighted by Gasteiger charge is -2.19. The number of unbranched alkanes of at least 4 members (excludes halogenated alkanes) is 12. The van der Waals surface area contributed by atoms with E-state index in [0.29, 0.717) is 35.8 Å². The summed E-state index contributed by atoms with van der Waals surface area (Å²) in [6.07, 6.45) is 38.2. The van der Waals surface area contributed by atoms with E-state index in [0.717, 1.165) is 115 Å². The van der Waals surface area contributed by atoms with E-state index in [1.54, 1.807) is 18.6 Å². The molecule has 22 heteroatoms. The molecule has 1 aliphatic heterocycles. The van der Waals surface area contributed by atoms with Gasteiger partial charge in [0.2, 0.25) is 17.7 Å². The van der Waals surface area contributed by atoms with E-state index < -0.39 is 17.5 Å². The first kappa shape index (κ1) is 58.8. The molecule has 7 rings (SSSR count). The van der Waals surface area contributed by atoms with Gasteiger partial charge in [0.15, 0.2) is 17.1 Å². The number of nitrogens with zero attached hydrogens (tertiary/aromatic N) is 9. The highest BCUT2D eigenvalue weighted by atomic mass is 16.6. The number of nitrogens with two attached hydrogens (primary N) is 1. The molecule has 6 aromatic rings. The van der Waals surface area contributed by atoms with Crippen LogP contribution in [0.25, 0.3) is 34.4 Å². The number of fused-ring (bicyclic) bond motifs is 5. The lowest BCUT2D eigenvalue weighted by atomic mass is 10.1. The van der Waals surface area contributed by atoms with Crippen molar-refractivity contribution in [2.75, 3.05) is 19.6 Å². The summed E-state index contributed by atoms with van der Waals surface area (Å²) in [7, 11) is 0. The van der Waals surface area contributed by atoms with Crippen molar-refractivity contribution in [2.45, 2.75) is 181 Å². The molecule has 0 saturated heterocycles. The summed E-state index contributed by atoms with van der Waals surface area (Å²) in [5, 5.41) is 36.3. The highest BCUT2D eigenvalue weighted by molar-refractivity contribution is 5.92. The number of carboxylic acids is 2. The third-order valence-corrected chi connectivity index (χ3v) is 12.0. The van der Waals surface area contributed by atoms with Crippen LogP contribution in [-0.4, -0.2) is 104 Å². The van der Waals surface area contributed by atoms with Crippen molar-refractivity contribution >= 4 is 23.9 Å². The number of nitrogens with one attached hydrogen (secondary N) is 2. The Bertz CT molecular complexity index is 2580. The minimum absolute atomic E-state index is 0.0950. The number of carbonyl (C=O) groups is 4. The van der Waals surface area contributed by atoms with Gasteiger partial charge in [-0.15, -0.1) is 0 Å². The summed E-state index contributed by atoms with van der Waals surface area (Å²) < 4.78 is 26.5. The van der Waals surface area contributed by atoms with Crippen molar-refractivity contribution in [1.29, 1.82) is 0 Å². The lowest BCUT2D eigenvalue weighted by molar-refractivity contribution is 0.0525. The Hall–Kier alpha value is -7.10. The van der Waals surface area contributed by atoms with E-state index in [4.69, 9.17) is 33.9 Å². The zero-order valence-electron chi connectivity index (χ0n) is 44.1. The van der Waals surface area contributed by atoms with Crippen LogP contribution in [0.5, 0.6) is 0 Å². The Kier molecular flexibility index (Phi) is 25.3. The Labute approximate surface area is 438 Å². The number of hydrogen-bond donors (Lipinski definition) is 5. The second-order valence-corrected chi connectivity index (χ2v) is 19.6. The van der Waals surface area contributed by atoms with Crippen LogP contribution in [0.3, 0.4) is 0 Å². The Balaban J connectivity index is 0.000000211. The van der Waals surface area contributed by atoms with Crippen LogP contribution in [0.1, 0.15) is 187 Å². The molecule has 0 aliphatic carbocycles. The van der Waals surface area contributed by atoms with Crippen LogP contribution in [0.4, 0.5) is 4.79 Å². The summed E-state index contributed by atoms with van der Waals surface area (Å²) in [6.45, 7) is 10.2. The first-order valence-corrected chi connectivity index (χ1v) is 26.6. The minimum atomic E-state index is -1.11. The molecule has 0 unspecified atom stereocenters. The lowest BCUT2D eigenvalue weighted by Crippen LogP contribution is -2.32. The standard InChI is InChI=1S/C21H32N4O5.C16H24N4O3.C16H22N4O2/c1-21(2,3)30-20(28)22-11-9-7-5-4-6-8-10-12-25-14-16(13-23-25)18-24-17(15-29-18)19(26)27;17-8-6-4-2-1-3-5-7-9-20-11-13(10-18-20)15-19-14(12-23-15)16(21)22;21-15-14-12-22-16(19-14)13-10-18-20(11-13)9-7-5-3-1-2-4-6-8-17-15/h13-15H,4-12H2,1-3H3,(H,22,28)(H,26,27);10-12H,1-9,17H2,(H,21,22);10-12H,1-9H2,(H,17,21). The van der Waals surface area contributed by atoms with E-state index in [9.17, 15) is 19.2 Å². The van der Waals surface area contributed by atoms with E-state index in [1.807, 2.05) is 53.4 Å². The largest absolute Gasteiger partial charge is 0.476 e. The summed E-state index contributed by atoms with van der Waals surface area (Å²) in [4.78, 5) is 57.2. The van der Waals surface area contributed by atoms with Crippen molar-refractivity contribution in [3.63, 3.8) is 0 Å². The van der Waals surface area contributed by atoms with Crippen LogP contribution in [0.15, 0.2) is 69.2 Å². The van der Waals surface area contributed by atoms with Gasteiger partial charge in [-0.3, -0.25) is 18.8 Å². The van der Waals surface area contributed by atoms with Crippen LogP contribution in [0, 0.1) is 0 Å². The molecule has 410 valence electrons. The molecular formula is C53H78N12O10. The molecule has 7 heterocycles. The zero-order chi connectivity index (χ0) is 53.7. The molecule has 0 radical (unpaired) electrons. The number of aryl methyl sites for hydroxylation is 3. The van der Waals surface area contributed by atoms with E-state index >= 15 is 0 Å². The van der Waals surface area contributed by atoms with Gasteiger partial charge in [0.1, 0.15) is 24.4 Å². The van der Waals surface area contributed by atoms with Crippen molar-refractivity contribution in [3.8, 4) is 34.4 Å². The third-order valence-electron chi connectivity index (χ3n) is 12.0. The molecule has 2 amide bonds. The van der Waals surface area contributed by atoms with Gasteiger partial charge < -0.3 is 44.6 Å². The van der Waals surface area contributed by atoms with Gasteiger partial charge >= 0.3 is 18.0 Å². The third kappa shape index (κ3) is 22.5. The van der Waals surface area contributed by atoms with Crippen molar-refractivity contribution in [3.05, 3.63) is 73.1 Å². The average molecular weight is 1040 g/mol. The van der Waals surface area contributed by atoms with Crippen molar-refractivity contribution in [1.82, 2.24) is 54.9 Å². The normalized spacial score (nSPS) is 13.1. The smallest absolute Gasteiger partial charge is 0.407 e. The Morgan fingerprint density at radius 3 is 1.63 bits per heavy atom. The van der Waals surface area contributed by atoms with Crippen molar-refractivity contribution in [2.24, 2.45) is 5.73 Å². The van der Waals surface area contributed by atoms with E-state index in [1.165, 1.54) is 70.5 Å². The molecule has 0 spiro atoms. The maximum absolute atomic E-state index is 12.0. The van der Waals surface area contributed by atoms with E-state index in [-0.39, 0.29) is 35.2 Å². The number of carboxylic acid groups (broad SMARTS) is 2. The van der Waals surface area contributed by atoms with Crippen LogP contribution in [-0.2, 0) is 24.4 Å². The summed E-state index contributed by atoms with van der Waals surface area (Å²) in [5.41, 5.74) is 7.30. The second kappa shape index (κ2) is 32.3. The number of rotatable bonds is 23. The summed E-state index contributed by atoms with van der Waals surface area (Å²) in [5.74, 6) is -1.39. The number of aromatic carboxylic acids is 2. The predicted octanol–water partition coefficient (Wildman–Crippen LogP) is 10.4. The van der Waals surface area contributed by atoms with Crippen LogP contribution < -0.4 is 16.4 Å². The van der Waals surface area contributed by atoms with Gasteiger partial charge in [0, 0.05) is 51.3 Å². The summed E-state index contributed by atoms with van der Waals surface area (Å²) in [6, 6.07) is 0. The Morgan fingerprint density at radius 2 is 1.09 bits per heavy atom. The fourth-order valence-corrected chi connectivity index (χ4v) is 7.97. The van der Waals surface area contributed by atoms with Gasteiger partial charge in [0.05, 0.1) is 35.3 Å². The molecular weight excluding hydrogens is 965 g/mol. The van der Waals surface area contributed by atoms with Gasteiger partial charge in [-0.05, 0) is 65.8 Å². The van der Waals surface area contributed by atoms with Crippen molar-refractivity contribution < 1.29 is 47.4 Å². The van der Waals surface area contributed by atoms with Crippen LogP contribution >= 0.6 is 0 Å². The molecule has 6 aromatic heterocycles. The maximum Gasteiger partial charge on any atom is 0.407 e. The molecule has 0 atom stereocenters. The van der Waals surface area contributed by atoms with Gasteiger partial charge in [0.25, 0.3) is 5.91 Å². The minimum Gasteiger partial charge on any atom is -0.476 e. The predicted molar refractivity (Wildman–Crippen MR) is 280 cm³/mol. The number of ether oxygens (including phenoxy) is 1. The maximum atomic E-state index is 12.0. The van der Waals surface area contributed by atoms with Gasteiger partial charge in [-0.2, -0.15) is 15.3 Å². The van der Waals surface area contributed by atoms with Gasteiger partial charge in [-0.1, -0.05) is 96.3 Å². The zero-order valence-corrected chi connectivity index (χ0v) is 44.1.